The highest BCUT2D eigenvalue weighted by Crippen LogP contribution is 2.32. The molecule has 0 spiro atoms. The molecule has 1 aliphatic heterocycles. The smallest absolute Gasteiger partial charge is 0.124 e. The number of nitrogens with one attached hydrogen (secondary N) is 1. The largest absolute Gasteiger partial charge is 0.496 e. The molecule has 0 aromatic heterocycles. The Hall–Kier alpha value is -0.650. The van der Waals surface area contributed by atoms with Gasteiger partial charge in [-0.3, -0.25) is 4.90 Å². The first kappa shape index (κ1) is 13.8. The van der Waals surface area contributed by atoms with Gasteiger partial charge in [-0.05, 0) is 12.1 Å². The maximum atomic E-state index is 13.4. The summed E-state index contributed by atoms with van der Waals surface area (Å²) >= 11 is 3.41. The zero-order chi connectivity index (χ0) is 13.0. The fourth-order valence-corrected chi connectivity index (χ4v) is 2.67. The van der Waals surface area contributed by atoms with Crippen LogP contribution in [0.5, 0.6) is 5.75 Å². The number of nitrogens with zero attached hydrogens (tertiary/aromatic N) is 1. The Morgan fingerprint density at radius 2 is 2.17 bits per heavy atom. The number of halogens is 2. The number of rotatable bonds is 4. The molecule has 1 saturated heterocycles. The molecule has 1 heterocycles. The number of ether oxygens (including phenoxy) is 1. The predicted octanol–water partition coefficient (Wildman–Crippen LogP) is 2.37. The molecule has 0 amide bonds. The molecule has 1 aromatic rings. The van der Waals surface area contributed by atoms with E-state index in [2.05, 4.69) is 26.1 Å². The molecule has 1 aliphatic rings. The van der Waals surface area contributed by atoms with E-state index < -0.39 is 6.67 Å². The van der Waals surface area contributed by atoms with E-state index in [0.717, 1.165) is 42.0 Å². The highest BCUT2D eigenvalue weighted by molar-refractivity contribution is 9.10. The number of hydrogen-bond donors (Lipinski definition) is 1. The van der Waals surface area contributed by atoms with Gasteiger partial charge in [0.15, 0.2) is 0 Å². The molecule has 2 rings (SSSR count). The summed E-state index contributed by atoms with van der Waals surface area (Å²) in [5, 5.41) is 3.28. The summed E-state index contributed by atoms with van der Waals surface area (Å²) in [7, 11) is 1.62. The van der Waals surface area contributed by atoms with Crippen molar-refractivity contribution in [1.82, 2.24) is 10.2 Å². The molecule has 0 unspecified atom stereocenters. The normalized spacial score (nSPS) is 18.6. The predicted molar refractivity (Wildman–Crippen MR) is 73.9 cm³/mol. The summed E-state index contributed by atoms with van der Waals surface area (Å²) in [6.45, 7) is 3.17. The van der Waals surface area contributed by atoms with Crippen LogP contribution < -0.4 is 10.1 Å². The van der Waals surface area contributed by atoms with Gasteiger partial charge in [-0.1, -0.05) is 22.0 Å². The van der Waals surface area contributed by atoms with E-state index >= 15 is 0 Å². The molecule has 1 atom stereocenters. The minimum absolute atomic E-state index is 0.213. The van der Waals surface area contributed by atoms with Crippen molar-refractivity contribution >= 4 is 15.9 Å². The summed E-state index contributed by atoms with van der Waals surface area (Å²) < 4.78 is 19.7. The van der Waals surface area contributed by atoms with Crippen LogP contribution in [0.3, 0.4) is 0 Å². The van der Waals surface area contributed by atoms with E-state index in [0.29, 0.717) is 0 Å². The molecular formula is C13H18BrFN2O. The molecule has 0 saturated carbocycles. The van der Waals surface area contributed by atoms with E-state index in [9.17, 15) is 4.39 Å². The topological polar surface area (TPSA) is 24.5 Å². The fraction of sp³-hybridized carbons (Fsp3) is 0.538. The number of alkyl halides is 1. The number of methoxy groups -OCH3 is 1. The van der Waals surface area contributed by atoms with Crippen LogP contribution in [-0.2, 0) is 0 Å². The van der Waals surface area contributed by atoms with Gasteiger partial charge < -0.3 is 10.1 Å². The summed E-state index contributed by atoms with van der Waals surface area (Å²) in [6.07, 6.45) is 0. The fourth-order valence-electron chi connectivity index (χ4n) is 2.33. The Kier molecular flexibility index (Phi) is 4.97. The molecule has 1 fully saturated rings. The van der Waals surface area contributed by atoms with E-state index in [4.69, 9.17) is 4.74 Å². The lowest BCUT2D eigenvalue weighted by Gasteiger charge is -2.34. The van der Waals surface area contributed by atoms with Gasteiger partial charge in [-0.15, -0.1) is 0 Å². The maximum absolute atomic E-state index is 13.4. The number of benzene rings is 1. The van der Waals surface area contributed by atoms with Crippen LogP contribution in [0.2, 0.25) is 0 Å². The molecule has 1 aromatic carbocycles. The van der Waals surface area contributed by atoms with Crippen LogP contribution in [0.1, 0.15) is 11.6 Å². The van der Waals surface area contributed by atoms with Gasteiger partial charge in [0.2, 0.25) is 0 Å². The number of hydrogen-bond acceptors (Lipinski definition) is 3. The second kappa shape index (κ2) is 6.50. The monoisotopic (exact) mass is 316 g/mol. The molecule has 0 radical (unpaired) electrons. The van der Waals surface area contributed by atoms with E-state index in [1.165, 1.54) is 0 Å². The second-order valence-electron chi connectivity index (χ2n) is 4.34. The van der Waals surface area contributed by atoms with E-state index in [-0.39, 0.29) is 6.04 Å². The zero-order valence-electron chi connectivity index (χ0n) is 10.5. The number of piperazine rings is 1. The van der Waals surface area contributed by atoms with Crippen molar-refractivity contribution in [2.75, 3.05) is 40.0 Å². The molecule has 18 heavy (non-hydrogen) atoms. The lowest BCUT2D eigenvalue weighted by molar-refractivity contribution is 0.145. The Morgan fingerprint density at radius 1 is 1.44 bits per heavy atom. The lowest BCUT2D eigenvalue weighted by atomic mass is 10.0. The summed E-state index contributed by atoms with van der Waals surface area (Å²) in [4.78, 5) is 2.17. The highest BCUT2D eigenvalue weighted by Gasteiger charge is 2.24. The molecule has 0 aliphatic carbocycles. The van der Waals surface area contributed by atoms with Crippen LogP contribution in [0.15, 0.2) is 22.7 Å². The van der Waals surface area contributed by atoms with Crippen molar-refractivity contribution in [3.8, 4) is 5.75 Å². The van der Waals surface area contributed by atoms with Gasteiger partial charge >= 0.3 is 0 Å². The molecule has 0 bridgehead atoms. The summed E-state index contributed by atoms with van der Waals surface area (Å²) in [5.41, 5.74) is 0.921. The van der Waals surface area contributed by atoms with Gasteiger partial charge in [0.25, 0.3) is 0 Å². The minimum atomic E-state index is -0.391. The van der Waals surface area contributed by atoms with Crippen LogP contribution in [0, 0.1) is 0 Å². The van der Waals surface area contributed by atoms with Gasteiger partial charge in [-0.25, -0.2) is 4.39 Å². The van der Waals surface area contributed by atoms with E-state index in [1.54, 1.807) is 7.11 Å². The van der Waals surface area contributed by atoms with Crippen molar-refractivity contribution in [1.29, 1.82) is 0 Å². The SMILES string of the molecule is COc1cc(Br)ccc1[C@@H](CF)N1CCNCC1. The molecule has 1 N–H and O–H groups in total. The van der Waals surface area contributed by atoms with Gasteiger partial charge in [0, 0.05) is 36.2 Å². The van der Waals surface area contributed by atoms with Gasteiger partial charge in [0.1, 0.15) is 12.4 Å². The van der Waals surface area contributed by atoms with Crippen molar-refractivity contribution in [3.63, 3.8) is 0 Å². The molecule has 3 nitrogen and oxygen atoms in total. The first-order valence-electron chi connectivity index (χ1n) is 6.10. The Balaban J connectivity index is 2.25. The van der Waals surface area contributed by atoms with Crippen LogP contribution >= 0.6 is 15.9 Å². The second-order valence-corrected chi connectivity index (χ2v) is 5.26. The van der Waals surface area contributed by atoms with Crippen molar-refractivity contribution in [3.05, 3.63) is 28.2 Å². The van der Waals surface area contributed by atoms with Crippen molar-refractivity contribution in [2.24, 2.45) is 0 Å². The third-order valence-corrected chi connectivity index (χ3v) is 3.79. The van der Waals surface area contributed by atoms with Crippen LogP contribution in [0.25, 0.3) is 0 Å². The third kappa shape index (κ3) is 3.02. The van der Waals surface area contributed by atoms with Crippen LogP contribution in [0.4, 0.5) is 4.39 Å². The zero-order valence-corrected chi connectivity index (χ0v) is 12.0. The van der Waals surface area contributed by atoms with Crippen molar-refractivity contribution < 1.29 is 9.13 Å². The third-order valence-electron chi connectivity index (χ3n) is 3.29. The van der Waals surface area contributed by atoms with Crippen molar-refractivity contribution in [2.45, 2.75) is 6.04 Å². The quantitative estimate of drug-likeness (QED) is 0.923. The molecular weight excluding hydrogens is 299 g/mol. The standard InChI is InChI=1S/C13H18BrFN2O/c1-18-13-8-10(14)2-3-11(13)12(9-15)17-6-4-16-5-7-17/h2-3,8,12,16H,4-7,9H2,1H3/t12-/m1/s1. The Morgan fingerprint density at radius 3 is 2.78 bits per heavy atom. The Bertz CT molecular complexity index is 397. The summed E-state index contributed by atoms with van der Waals surface area (Å²) in [6, 6.07) is 5.55. The lowest BCUT2D eigenvalue weighted by Crippen LogP contribution is -2.45. The Labute approximate surface area is 115 Å². The average molecular weight is 317 g/mol. The molecule has 5 heteroatoms. The van der Waals surface area contributed by atoms with Crippen LogP contribution in [-0.4, -0.2) is 44.9 Å². The van der Waals surface area contributed by atoms with Gasteiger partial charge in [-0.2, -0.15) is 0 Å². The minimum Gasteiger partial charge on any atom is -0.496 e. The molecule has 100 valence electrons. The summed E-state index contributed by atoms with van der Waals surface area (Å²) in [5.74, 6) is 0.741. The highest BCUT2D eigenvalue weighted by atomic mass is 79.9. The first-order chi connectivity index (χ1) is 8.76. The van der Waals surface area contributed by atoms with Gasteiger partial charge in [0.05, 0.1) is 13.2 Å². The first-order valence-corrected chi connectivity index (χ1v) is 6.89. The maximum Gasteiger partial charge on any atom is 0.124 e. The van der Waals surface area contributed by atoms with E-state index in [1.807, 2.05) is 18.2 Å². The average Bonchev–Trinajstić information content (AvgIpc) is 2.42.